The summed E-state index contributed by atoms with van der Waals surface area (Å²) in [4.78, 5) is 0. The molecule has 1 N–H and O–H groups in total. The highest BCUT2D eigenvalue weighted by Gasteiger charge is 2.09. The number of benzene rings is 1. The second kappa shape index (κ2) is 5.17. The third-order valence-electron chi connectivity index (χ3n) is 2.88. The van der Waals surface area contributed by atoms with Crippen LogP contribution in [0.3, 0.4) is 0 Å². The highest BCUT2D eigenvalue weighted by Crippen LogP contribution is 2.25. The van der Waals surface area contributed by atoms with E-state index in [4.69, 9.17) is 4.42 Å². The van der Waals surface area contributed by atoms with Crippen molar-refractivity contribution < 1.29 is 4.42 Å². The van der Waals surface area contributed by atoms with E-state index in [1.165, 1.54) is 17.4 Å². The van der Waals surface area contributed by atoms with Crippen LogP contribution in [0, 0.1) is 6.92 Å². The largest absolute Gasteiger partial charge is 0.461 e. The predicted octanol–water partition coefficient (Wildman–Crippen LogP) is 3.28. The zero-order valence-corrected chi connectivity index (χ0v) is 10.0. The number of rotatable bonds is 5. The smallest absolute Gasteiger partial charge is 0.134 e. The maximum atomic E-state index is 5.73. The number of para-hydroxylation sites is 1. The van der Waals surface area contributed by atoms with Crippen LogP contribution in [-0.2, 0) is 6.42 Å². The third kappa shape index (κ3) is 2.27. The number of furan rings is 1. The molecule has 1 heterocycles. The molecule has 0 aliphatic rings. The Labute approximate surface area is 96.6 Å². The molecule has 0 unspecified atom stereocenters. The van der Waals surface area contributed by atoms with Gasteiger partial charge in [0.2, 0.25) is 0 Å². The van der Waals surface area contributed by atoms with E-state index in [2.05, 4.69) is 31.3 Å². The summed E-state index contributed by atoms with van der Waals surface area (Å²) in [7, 11) is 0. The molecule has 0 amide bonds. The van der Waals surface area contributed by atoms with Crippen molar-refractivity contribution in [2.75, 3.05) is 13.1 Å². The molecule has 0 aliphatic carbocycles. The molecule has 2 nitrogen and oxygen atoms in total. The molecular formula is C14H19NO. The van der Waals surface area contributed by atoms with Gasteiger partial charge in [-0.25, -0.2) is 0 Å². The van der Waals surface area contributed by atoms with Crippen molar-refractivity contribution in [3.8, 4) is 0 Å². The molecule has 1 aromatic carbocycles. The molecule has 0 aliphatic heterocycles. The Hall–Kier alpha value is -1.28. The lowest BCUT2D eigenvalue weighted by atomic mass is 10.1. The van der Waals surface area contributed by atoms with E-state index in [1.54, 1.807) is 0 Å². The summed E-state index contributed by atoms with van der Waals surface area (Å²) < 4.78 is 5.73. The monoisotopic (exact) mass is 217 g/mol. The molecule has 2 aromatic rings. The number of nitrogens with one attached hydrogen (secondary N) is 1. The van der Waals surface area contributed by atoms with Gasteiger partial charge in [-0.3, -0.25) is 0 Å². The minimum absolute atomic E-state index is 1.01. The van der Waals surface area contributed by atoms with E-state index in [0.717, 1.165) is 30.9 Å². The first-order chi connectivity index (χ1) is 7.83. The number of aryl methyl sites for hydroxylation is 1. The fourth-order valence-corrected chi connectivity index (χ4v) is 2.05. The van der Waals surface area contributed by atoms with Crippen molar-refractivity contribution in [2.45, 2.75) is 26.7 Å². The molecule has 0 radical (unpaired) electrons. The standard InChI is InChI=1S/C14H19NO/c1-3-9-15-10-8-12-11(2)16-14-7-5-4-6-13(12)14/h4-7,15H,3,8-10H2,1-2H3. The van der Waals surface area contributed by atoms with Crippen molar-refractivity contribution in [3.63, 3.8) is 0 Å². The number of fused-ring (bicyclic) bond motifs is 1. The van der Waals surface area contributed by atoms with Crippen molar-refractivity contribution in [3.05, 3.63) is 35.6 Å². The Kier molecular flexibility index (Phi) is 3.62. The van der Waals surface area contributed by atoms with E-state index in [-0.39, 0.29) is 0 Å². The first-order valence-corrected chi connectivity index (χ1v) is 6.00. The van der Waals surface area contributed by atoms with Gasteiger partial charge in [-0.2, -0.15) is 0 Å². The van der Waals surface area contributed by atoms with Gasteiger partial charge in [0.15, 0.2) is 0 Å². The van der Waals surface area contributed by atoms with Crippen molar-refractivity contribution in [1.29, 1.82) is 0 Å². The Morgan fingerprint density at radius 2 is 2.00 bits per heavy atom. The van der Waals surface area contributed by atoms with Crippen molar-refractivity contribution in [1.82, 2.24) is 5.32 Å². The SMILES string of the molecule is CCCNCCc1c(C)oc2ccccc12. The summed E-state index contributed by atoms with van der Waals surface area (Å²) >= 11 is 0. The molecule has 86 valence electrons. The summed E-state index contributed by atoms with van der Waals surface area (Å²) in [6, 6.07) is 8.26. The van der Waals surface area contributed by atoms with Crippen LogP contribution in [0.5, 0.6) is 0 Å². The fourth-order valence-electron chi connectivity index (χ4n) is 2.05. The Bertz CT molecular complexity index is 459. The second-order valence-corrected chi connectivity index (χ2v) is 4.13. The summed E-state index contributed by atoms with van der Waals surface area (Å²) in [6.45, 7) is 6.35. The molecular weight excluding hydrogens is 198 g/mol. The van der Waals surface area contributed by atoms with Gasteiger partial charge in [0.25, 0.3) is 0 Å². The topological polar surface area (TPSA) is 25.2 Å². The van der Waals surface area contributed by atoms with Gasteiger partial charge in [-0.15, -0.1) is 0 Å². The summed E-state index contributed by atoms with van der Waals surface area (Å²) in [5, 5.41) is 4.69. The van der Waals surface area contributed by atoms with Crippen LogP contribution in [0.15, 0.2) is 28.7 Å². The molecule has 0 saturated carbocycles. The second-order valence-electron chi connectivity index (χ2n) is 4.13. The summed E-state index contributed by atoms with van der Waals surface area (Å²) in [6.07, 6.45) is 2.23. The van der Waals surface area contributed by atoms with Gasteiger partial charge in [-0.1, -0.05) is 25.1 Å². The lowest BCUT2D eigenvalue weighted by Gasteiger charge is -2.02. The van der Waals surface area contributed by atoms with E-state index in [1.807, 2.05) is 12.1 Å². The zero-order valence-electron chi connectivity index (χ0n) is 10.0. The third-order valence-corrected chi connectivity index (χ3v) is 2.88. The highest BCUT2D eigenvalue weighted by molar-refractivity contribution is 5.82. The molecule has 0 spiro atoms. The van der Waals surface area contributed by atoms with Crippen molar-refractivity contribution in [2.24, 2.45) is 0 Å². The van der Waals surface area contributed by atoms with Crippen LogP contribution in [0.25, 0.3) is 11.0 Å². The molecule has 0 atom stereocenters. The Balaban J connectivity index is 2.13. The van der Waals surface area contributed by atoms with Gasteiger partial charge < -0.3 is 9.73 Å². The molecule has 0 saturated heterocycles. The lowest BCUT2D eigenvalue weighted by molar-refractivity contribution is 0.568. The van der Waals surface area contributed by atoms with Crippen molar-refractivity contribution >= 4 is 11.0 Å². The summed E-state index contributed by atoms with van der Waals surface area (Å²) in [5.41, 5.74) is 2.35. The van der Waals surface area contributed by atoms with E-state index >= 15 is 0 Å². The number of hydrogen-bond acceptors (Lipinski definition) is 2. The Morgan fingerprint density at radius 3 is 2.81 bits per heavy atom. The predicted molar refractivity (Wildman–Crippen MR) is 67.8 cm³/mol. The average molecular weight is 217 g/mol. The van der Waals surface area contributed by atoms with Crippen LogP contribution in [0.4, 0.5) is 0 Å². The van der Waals surface area contributed by atoms with Gasteiger partial charge in [0.1, 0.15) is 11.3 Å². The first-order valence-electron chi connectivity index (χ1n) is 6.00. The van der Waals surface area contributed by atoms with Gasteiger partial charge in [0.05, 0.1) is 0 Å². The average Bonchev–Trinajstić information content (AvgIpc) is 2.61. The minimum Gasteiger partial charge on any atom is -0.461 e. The highest BCUT2D eigenvalue weighted by atomic mass is 16.3. The Morgan fingerprint density at radius 1 is 1.19 bits per heavy atom. The fraction of sp³-hybridized carbons (Fsp3) is 0.429. The van der Waals surface area contributed by atoms with Gasteiger partial charge in [0, 0.05) is 10.9 Å². The lowest BCUT2D eigenvalue weighted by Crippen LogP contribution is -2.17. The molecule has 0 fully saturated rings. The first kappa shape index (κ1) is 11.2. The van der Waals surface area contributed by atoms with Gasteiger partial charge in [-0.05, 0) is 38.9 Å². The van der Waals surface area contributed by atoms with Crippen LogP contribution in [0.2, 0.25) is 0 Å². The summed E-state index contributed by atoms with van der Waals surface area (Å²) in [5.74, 6) is 1.06. The normalized spacial score (nSPS) is 11.1. The zero-order chi connectivity index (χ0) is 11.4. The quantitative estimate of drug-likeness (QED) is 0.777. The van der Waals surface area contributed by atoms with E-state index in [9.17, 15) is 0 Å². The molecule has 2 rings (SSSR count). The molecule has 1 aromatic heterocycles. The van der Waals surface area contributed by atoms with Crippen LogP contribution in [-0.4, -0.2) is 13.1 Å². The molecule has 16 heavy (non-hydrogen) atoms. The van der Waals surface area contributed by atoms with Crippen LogP contribution in [0.1, 0.15) is 24.7 Å². The van der Waals surface area contributed by atoms with E-state index < -0.39 is 0 Å². The maximum Gasteiger partial charge on any atom is 0.134 e. The number of hydrogen-bond donors (Lipinski definition) is 1. The maximum absolute atomic E-state index is 5.73. The van der Waals surface area contributed by atoms with Crippen LogP contribution >= 0.6 is 0 Å². The van der Waals surface area contributed by atoms with Gasteiger partial charge >= 0.3 is 0 Å². The molecule has 0 bridgehead atoms. The molecule has 2 heteroatoms. The minimum atomic E-state index is 1.01. The van der Waals surface area contributed by atoms with E-state index in [0.29, 0.717) is 0 Å². The van der Waals surface area contributed by atoms with Crippen LogP contribution < -0.4 is 5.32 Å².